The lowest BCUT2D eigenvalue weighted by molar-refractivity contribution is -0.113. The minimum atomic E-state index is -0.184. The lowest BCUT2D eigenvalue weighted by Crippen LogP contribution is -2.37. The summed E-state index contributed by atoms with van der Waals surface area (Å²) in [5.41, 5.74) is 5.94. The molecule has 0 bridgehead atoms. The number of nitrogens with zero attached hydrogens (tertiary/aromatic N) is 4. The Bertz CT molecular complexity index is 1560. The molecule has 40 heavy (non-hydrogen) atoms. The van der Waals surface area contributed by atoms with Gasteiger partial charge in [0.05, 0.1) is 16.3 Å². The molecule has 3 aromatic carbocycles. The highest BCUT2D eigenvalue weighted by atomic mass is 32.2. The Morgan fingerprint density at radius 1 is 1.02 bits per heavy atom. The second-order valence-electron chi connectivity index (χ2n) is 10.5. The summed E-state index contributed by atoms with van der Waals surface area (Å²) >= 11 is 1.47. The first kappa shape index (κ1) is 26.1. The number of rotatable bonds is 6. The number of amidine groups is 1. The van der Waals surface area contributed by atoms with Crippen molar-refractivity contribution in [1.82, 2.24) is 14.7 Å². The van der Waals surface area contributed by atoms with E-state index in [0.717, 1.165) is 58.5 Å². The number of amides is 1. The zero-order valence-electron chi connectivity index (χ0n) is 22.8. The van der Waals surface area contributed by atoms with Crippen LogP contribution in [0, 0.1) is 12.8 Å². The molecule has 0 radical (unpaired) electrons. The van der Waals surface area contributed by atoms with E-state index in [0.29, 0.717) is 17.4 Å². The Balaban J connectivity index is 1.26. The van der Waals surface area contributed by atoms with E-state index in [9.17, 15) is 4.79 Å². The molecule has 0 spiro atoms. The first-order chi connectivity index (χ1) is 19.5. The second kappa shape index (κ2) is 11.6. The molecular formula is C33H32N4O2S. The van der Waals surface area contributed by atoms with Gasteiger partial charge in [-0.1, -0.05) is 55.0 Å². The van der Waals surface area contributed by atoms with Crippen LogP contribution in [0.1, 0.15) is 36.5 Å². The summed E-state index contributed by atoms with van der Waals surface area (Å²) in [4.78, 5) is 20.2. The molecule has 0 saturated carbocycles. The van der Waals surface area contributed by atoms with Crippen LogP contribution >= 0.6 is 11.8 Å². The van der Waals surface area contributed by atoms with E-state index >= 15 is 0 Å². The van der Waals surface area contributed by atoms with Crippen LogP contribution in [0.2, 0.25) is 0 Å². The molecule has 1 unspecified atom stereocenters. The summed E-state index contributed by atoms with van der Waals surface area (Å²) in [5, 5.41) is 5.75. The van der Waals surface area contributed by atoms with Gasteiger partial charge in [-0.2, -0.15) is 10.1 Å². The molecule has 7 heteroatoms. The maximum Gasteiger partial charge on any atom is 0.286 e. The van der Waals surface area contributed by atoms with Gasteiger partial charge in [-0.3, -0.25) is 4.79 Å². The van der Waals surface area contributed by atoms with Gasteiger partial charge in [0.2, 0.25) is 0 Å². The van der Waals surface area contributed by atoms with Gasteiger partial charge >= 0.3 is 0 Å². The highest BCUT2D eigenvalue weighted by molar-refractivity contribution is 8.18. The predicted molar refractivity (Wildman–Crippen MR) is 162 cm³/mol. The average Bonchev–Trinajstić information content (AvgIpc) is 3.57. The van der Waals surface area contributed by atoms with Crippen LogP contribution in [-0.4, -0.2) is 38.8 Å². The van der Waals surface area contributed by atoms with Crippen molar-refractivity contribution in [3.05, 3.63) is 107 Å². The molecule has 0 aliphatic carbocycles. The molecule has 1 atom stereocenters. The molecule has 2 aliphatic heterocycles. The van der Waals surface area contributed by atoms with Crippen LogP contribution in [0.4, 0.5) is 0 Å². The number of aliphatic imine (C=N–C) groups is 1. The number of ether oxygens (including phenoxy) is 1. The number of benzene rings is 3. The second-order valence-corrected chi connectivity index (χ2v) is 11.5. The molecule has 6 nitrogen and oxygen atoms in total. The summed E-state index contributed by atoms with van der Waals surface area (Å²) < 4.78 is 7.88. The van der Waals surface area contributed by atoms with Gasteiger partial charge in [-0.25, -0.2) is 4.68 Å². The van der Waals surface area contributed by atoms with Gasteiger partial charge in [0.1, 0.15) is 12.4 Å². The fourth-order valence-electron chi connectivity index (χ4n) is 5.03. The highest BCUT2D eigenvalue weighted by Crippen LogP contribution is 2.35. The largest absolute Gasteiger partial charge is 0.489 e. The van der Waals surface area contributed by atoms with Crippen molar-refractivity contribution >= 4 is 28.9 Å². The topological polar surface area (TPSA) is 59.7 Å². The summed E-state index contributed by atoms with van der Waals surface area (Å²) in [5.74, 6) is 1.22. The van der Waals surface area contributed by atoms with Gasteiger partial charge in [-0.05, 0) is 85.5 Å². The fraction of sp³-hybridized carbons (Fsp3) is 0.242. The number of hydrogen-bond acceptors (Lipinski definition) is 5. The summed E-state index contributed by atoms with van der Waals surface area (Å²) in [6.45, 7) is 6.74. The molecular weight excluding hydrogens is 516 g/mol. The van der Waals surface area contributed by atoms with Crippen molar-refractivity contribution in [3.8, 4) is 22.7 Å². The van der Waals surface area contributed by atoms with Crippen molar-refractivity contribution in [3.63, 3.8) is 0 Å². The van der Waals surface area contributed by atoms with Crippen LogP contribution in [0.3, 0.4) is 0 Å². The third kappa shape index (κ3) is 5.89. The van der Waals surface area contributed by atoms with E-state index in [1.807, 2.05) is 71.6 Å². The van der Waals surface area contributed by atoms with Gasteiger partial charge in [0.15, 0.2) is 5.17 Å². The quantitative estimate of drug-likeness (QED) is 0.240. The zero-order chi connectivity index (χ0) is 27.5. The van der Waals surface area contributed by atoms with E-state index in [1.165, 1.54) is 23.7 Å². The number of aryl methyl sites for hydroxylation is 1. The molecule has 202 valence electrons. The Morgan fingerprint density at radius 2 is 1.80 bits per heavy atom. The zero-order valence-corrected chi connectivity index (χ0v) is 23.6. The number of piperidine rings is 1. The van der Waals surface area contributed by atoms with Crippen molar-refractivity contribution in [2.75, 3.05) is 13.1 Å². The maximum absolute atomic E-state index is 12.9. The number of carbonyl (C=O) groups excluding carboxylic acids is 1. The van der Waals surface area contributed by atoms with Crippen molar-refractivity contribution < 1.29 is 9.53 Å². The van der Waals surface area contributed by atoms with Crippen LogP contribution in [0.25, 0.3) is 23.0 Å². The molecule has 6 rings (SSSR count). The molecule has 1 saturated heterocycles. The maximum atomic E-state index is 12.9. The van der Waals surface area contributed by atoms with Gasteiger partial charge in [0.25, 0.3) is 5.91 Å². The summed E-state index contributed by atoms with van der Waals surface area (Å²) in [7, 11) is 0. The molecule has 0 N–H and O–H groups in total. The van der Waals surface area contributed by atoms with Gasteiger partial charge < -0.3 is 9.64 Å². The van der Waals surface area contributed by atoms with Crippen LogP contribution < -0.4 is 4.74 Å². The first-order valence-corrected chi connectivity index (χ1v) is 14.5. The number of hydrogen-bond donors (Lipinski definition) is 0. The van der Waals surface area contributed by atoms with Crippen molar-refractivity contribution in [2.24, 2.45) is 10.9 Å². The summed E-state index contributed by atoms with van der Waals surface area (Å²) in [6, 6.07) is 26.3. The van der Waals surface area contributed by atoms with Crippen LogP contribution in [0.15, 0.2) is 95.0 Å². The van der Waals surface area contributed by atoms with E-state index in [2.05, 4.69) is 48.0 Å². The number of thioether (sulfide) groups is 1. The normalized spacial score (nSPS) is 18.3. The molecule has 1 aromatic heterocycles. The smallest absolute Gasteiger partial charge is 0.286 e. The van der Waals surface area contributed by atoms with Crippen molar-refractivity contribution in [1.29, 1.82) is 0 Å². The minimum Gasteiger partial charge on any atom is -0.489 e. The molecule has 2 aliphatic rings. The fourth-order valence-corrected chi connectivity index (χ4v) is 5.97. The lowest BCUT2D eigenvalue weighted by atomic mass is 10.0. The van der Waals surface area contributed by atoms with Crippen LogP contribution in [0.5, 0.6) is 5.75 Å². The standard InChI is InChI=1S/C33H32N4O2S/c1-23-10-12-25(13-11-23)22-39-29-16-14-26(15-17-29)31-27(21-37(35-31)28-8-4-3-5-9-28)19-30-32(38)34-33(40-30)36-18-6-7-24(2)20-36/h3-5,8-17,19,21,24H,6-7,18,20,22H2,1-2H3/b30-19-. The number of para-hydroxylation sites is 1. The van der Waals surface area contributed by atoms with E-state index in [-0.39, 0.29) is 5.91 Å². The highest BCUT2D eigenvalue weighted by Gasteiger charge is 2.29. The Kier molecular flexibility index (Phi) is 7.55. The Morgan fingerprint density at radius 3 is 2.55 bits per heavy atom. The number of likely N-dealkylation sites (tertiary alicyclic amines) is 1. The van der Waals surface area contributed by atoms with Gasteiger partial charge in [0, 0.05) is 30.4 Å². The number of carbonyl (C=O) groups is 1. The third-order valence-electron chi connectivity index (χ3n) is 7.24. The lowest BCUT2D eigenvalue weighted by Gasteiger charge is -2.31. The SMILES string of the molecule is Cc1ccc(COc2ccc(-c3nn(-c4ccccc4)cc3/C=C3\SC(N4CCCC(C)C4)=NC3=O)cc2)cc1. The average molecular weight is 549 g/mol. The Hall–Kier alpha value is -4.10. The Labute approximate surface area is 239 Å². The predicted octanol–water partition coefficient (Wildman–Crippen LogP) is 7.13. The van der Waals surface area contributed by atoms with Crippen LogP contribution in [-0.2, 0) is 11.4 Å². The number of aromatic nitrogens is 2. The molecule has 1 fully saturated rings. The van der Waals surface area contributed by atoms with Crippen molar-refractivity contribution in [2.45, 2.75) is 33.3 Å². The summed E-state index contributed by atoms with van der Waals surface area (Å²) in [6.07, 6.45) is 6.27. The van der Waals surface area contributed by atoms with E-state index < -0.39 is 0 Å². The van der Waals surface area contributed by atoms with E-state index in [4.69, 9.17) is 9.84 Å². The molecule has 3 heterocycles. The van der Waals surface area contributed by atoms with Gasteiger partial charge in [-0.15, -0.1) is 0 Å². The third-order valence-corrected chi connectivity index (χ3v) is 8.28. The first-order valence-electron chi connectivity index (χ1n) is 13.7. The van der Waals surface area contributed by atoms with E-state index in [1.54, 1.807) is 0 Å². The molecule has 1 amide bonds. The monoisotopic (exact) mass is 548 g/mol. The minimum absolute atomic E-state index is 0.184. The molecule has 4 aromatic rings.